The van der Waals surface area contributed by atoms with Gasteiger partial charge >= 0.3 is 0 Å². The van der Waals surface area contributed by atoms with Crippen molar-refractivity contribution in [1.82, 2.24) is 25.4 Å². The molecule has 0 unspecified atom stereocenters. The predicted molar refractivity (Wildman–Crippen MR) is 107 cm³/mol. The number of halogens is 1. The molecule has 0 saturated heterocycles. The largest absolute Gasteiger partial charge is 0.352 e. The fourth-order valence-corrected chi connectivity index (χ4v) is 2.79. The van der Waals surface area contributed by atoms with Gasteiger partial charge in [-0.2, -0.15) is 0 Å². The Morgan fingerprint density at radius 3 is 2.54 bits per heavy atom. The second-order valence-corrected chi connectivity index (χ2v) is 6.55. The highest BCUT2D eigenvalue weighted by molar-refractivity contribution is 6.30. The summed E-state index contributed by atoms with van der Waals surface area (Å²) in [4.78, 5) is 28.6. The summed E-state index contributed by atoms with van der Waals surface area (Å²) in [5.74, 6) is 0.131. The quantitative estimate of drug-likeness (QED) is 0.669. The van der Waals surface area contributed by atoms with E-state index in [4.69, 9.17) is 11.6 Å². The summed E-state index contributed by atoms with van der Waals surface area (Å²) >= 11 is 5.91. The van der Waals surface area contributed by atoms with Gasteiger partial charge < -0.3 is 10.6 Å². The molecule has 2 aromatic carbocycles. The number of carbonyl (C=O) groups is 2. The van der Waals surface area contributed by atoms with Crippen LogP contribution in [0.2, 0.25) is 5.02 Å². The van der Waals surface area contributed by atoms with Crippen LogP contribution < -0.4 is 10.6 Å². The Hall–Kier alpha value is -3.19. The van der Waals surface area contributed by atoms with Crippen molar-refractivity contribution in [1.29, 1.82) is 0 Å². The van der Waals surface area contributed by atoms with E-state index >= 15 is 0 Å². The molecule has 144 valence electrons. The Balaban J connectivity index is 1.69. The summed E-state index contributed by atoms with van der Waals surface area (Å²) < 4.78 is 1.58. The van der Waals surface area contributed by atoms with Crippen LogP contribution in [0.15, 0.2) is 48.5 Å². The van der Waals surface area contributed by atoms with Crippen molar-refractivity contribution in [3.8, 4) is 5.69 Å². The van der Waals surface area contributed by atoms with Crippen LogP contribution in [0.5, 0.6) is 0 Å². The lowest BCUT2D eigenvalue weighted by Crippen LogP contribution is -2.25. The monoisotopic (exact) mass is 397 g/mol. The summed E-state index contributed by atoms with van der Waals surface area (Å²) in [6.07, 6.45) is 0. The van der Waals surface area contributed by atoms with Crippen LogP contribution in [-0.4, -0.2) is 33.1 Å². The van der Waals surface area contributed by atoms with Gasteiger partial charge in [0.2, 0.25) is 5.82 Å². The van der Waals surface area contributed by atoms with Crippen LogP contribution in [0.25, 0.3) is 5.69 Å². The van der Waals surface area contributed by atoms with E-state index in [1.807, 2.05) is 13.0 Å². The zero-order valence-corrected chi connectivity index (χ0v) is 16.3. The molecule has 0 radical (unpaired) electrons. The average Bonchev–Trinajstić information content (AvgIpc) is 3.09. The van der Waals surface area contributed by atoms with Gasteiger partial charge in [-0.1, -0.05) is 23.7 Å². The molecule has 1 heterocycles. The smallest absolute Gasteiger partial charge is 0.291 e. The Kier molecular flexibility index (Phi) is 6.06. The summed E-state index contributed by atoms with van der Waals surface area (Å²) in [7, 11) is 0. The molecule has 0 atom stereocenters. The van der Waals surface area contributed by atoms with E-state index in [1.165, 1.54) is 0 Å². The zero-order chi connectivity index (χ0) is 20.1. The summed E-state index contributed by atoms with van der Waals surface area (Å²) in [5, 5.41) is 10.4. The second-order valence-electron chi connectivity index (χ2n) is 6.11. The van der Waals surface area contributed by atoms with Gasteiger partial charge in [0.1, 0.15) is 5.82 Å². The van der Waals surface area contributed by atoms with E-state index in [2.05, 4.69) is 20.7 Å². The molecule has 3 aromatic rings. The van der Waals surface area contributed by atoms with E-state index in [0.29, 0.717) is 23.0 Å². The SMILES string of the molecule is CCNC(=O)c1cccc(CNC(=O)c2nc(C)n(-c3ccc(Cl)cc3)n2)c1. The van der Waals surface area contributed by atoms with Crippen LogP contribution in [0.3, 0.4) is 0 Å². The molecular weight excluding hydrogens is 378 g/mol. The molecule has 0 spiro atoms. The van der Waals surface area contributed by atoms with Crippen molar-refractivity contribution in [3.05, 3.63) is 76.3 Å². The fraction of sp³-hybridized carbons (Fsp3) is 0.200. The molecule has 0 aliphatic carbocycles. The fourth-order valence-electron chi connectivity index (χ4n) is 2.66. The first kappa shape index (κ1) is 19.6. The van der Waals surface area contributed by atoms with Crippen LogP contribution in [0, 0.1) is 6.92 Å². The maximum atomic E-state index is 12.4. The Morgan fingerprint density at radius 1 is 1.07 bits per heavy atom. The third-order valence-corrected chi connectivity index (χ3v) is 4.27. The molecular formula is C20H20ClN5O2. The highest BCUT2D eigenvalue weighted by Crippen LogP contribution is 2.14. The van der Waals surface area contributed by atoms with Crippen LogP contribution in [0.4, 0.5) is 0 Å². The first-order valence-corrected chi connectivity index (χ1v) is 9.20. The van der Waals surface area contributed by atoms with Crippen molar-refractivity contribution in [2.45, 2.75) is 20.4 Å². The highest BCUT2D eigenvalue weighted by atomic mass is 35.5. The third kappa shape index (κ3) is 4.55. The Morgan fingerprint density at radius 2 is 1.82 bits per heavy atom. The lowest BCUT2D eigenvalue weighted by Gasteiger charge is -2.06. The van der Waals surface area contributed by atoms with E-state index in [-0.39, 0.29) is 24.2 Å². The minimum Gasteiger partial charge on any atom is -0.352 e. The maximum Gasteiger partial charge on any atom is 0.291 e. The molecule has 0 aliphatic rings. The van der Waals surface area contributed by atoms with Crippen LogP contribution in [-0.2, 0) is 6.54 Å². The number of rotatable bonds is 6. The van der Waals surface area contributed by atoms with Crippen molar-refractivity contribution in [3.63, 3.8) is 0 Å². The van der Waals surface area contributed by atoms with E-state index < -0.39 is 0 Å². The maximum absolute atomic E-state index is 12.4. The molecule has 0 fully saturated rings. The number of aromatic nitrogens is 3. The summed E-state index contributed by atoms with van der Waals surface area (Å²) in [5.41, 5.74) is 2.13. The number of nitrogens with zero attached hydrogens (tertiary/aromatic N) is 3. The topological polar surface area (TPSA) is 88.9 Å². The van der Waals surface area contributed by atoms with Crippen molar-refractivity contribution < 1.29 is 9.59 Å². The molecule has 2 N–H and O–H groups in total. The normalized spacial score (nSPS) is 10.5. The first-order valence-electron chi connectivity index (χ1n) is 8.83. The molecule has 0 aliphatic heterocycles. The van der Waals surface area contributed by atoms with Crippen LogP contribution >= 0.6 is 11.6 Å². The number of benzene rings is 2. The number of hydrogen-bond donors (Lipinski definition) is 2. The van der Waals surface area contributed by atoms with Gasteiger partial charge in [-0.05, 0) is 55.8 Å². The molecule has 7 nitrogen and oxygen atoms in total. The number of amides is 2. The number of hydrogen-bond acceptors (Lipinski definition) is 4. The standard InChI is InChI=1S/C20H20ClN5O2/c1-3-22-19(27)15-6-4-5-14(11-15)12-23-20(28)18-24-13(2)26(25-18)17-9-7-16(21)8-10-17/h4-11H,3,12H2,1-2H3,(H,22,27)(H,23,28). The predicted octanol–water partition coefficient (Wildman–Crippen LogP) is 2.91. The van der Waals surface area contributed by atoms with E-state index in [0.717, 1.165) is 11.3 Å². The molecule has 28 heavy (non-hydrogen) atoms. The van der Waals surface area contributed by atoms with Gasteiger partial charge in [-0.25, -0.2) is 9.67 Å². The lowest BCUT2D eigenvalue weighted by molar-refractivity contribution is 0.0938. The minimum absolute atomic E-state index is 0.0762. The molecule has 1 aromatic heterocycles. The second kappa shape index (κ2) is 8.67. The number of carbonyl (C=O) groups excluding carboxylic acids is 2. The minimum atomic E-state index is -0.390. The van der Waals surface area contributed by atoms with Gasteiger partial charge in [0, 0.05) is 23.7 Å². The van der Waals surface area contributed by atoms with Crippen LogP contribution in [0.1, 0.15) is 39.3 Å². The van der Waals surface area contributed by atoms with Gasteiger partial charge in [-0.15, -0.1) is 5.10 Å². The first-order chi connectivity index (χ1) is 13.5. The molecule has 2 amide bonds. The zero-order valence-electron chi connectivity index (χ0n) is 15.6. The summed E-state index contributed by atoms with van der Waals surface area (Å²) in [6, 6.07) is 14.2. The van der Waals surface area contributed by atoms with Gasteiger partial charge in [0.25, 0.3) is 11.8 Å². The molecule has 3 rings (SSSR count). The number of nitrogens with one attached hydrogen (secondary N) is 2. The van der Waals surface area contributed by atoms with Gasteiger partial charge in [0.15, 0.2) is 0 Å². The number of aryl methyl sites for hydroxylation is 1. The summed E-state index contributed by atoms with van der Waals surface area (Å²) in [6.45, 7) is 4.45. The van der Waals surface area contributed by atoms with Gasteiger partial charge in [-0.3, -0.25) is 9.59 Å². The Labute approximate surface area is 167 Å². The molecule has 0 saturated carbocycles. The van der Waals surface area contributed by atoms with Crippen molar-refractivity contribution >= 4 is 23.4 Å². The van der Waals surface area contributed by atoms with E-state index in [1.54, 1.807) is 54.1 Å². The average molecular weight is 398 g/mol. The highest BCUT2D eigenvalue weighted by Gasteiger charge is 2.15. The molecule has 0 bridgehead atoms. The van der Waals surface area contributed by atoms with Crippen molar-refractivity contribution in [2.75, 3.05) is 6.54 Å². The molecule has 8 heteroatoms. The lowest BCUT2D eigenvalue weighted by atomic mass is 10.1. The Bertz CT molecular complexity index is 998. The van der Waals surface area contributed by atoms with Crippen molar-refractivity contribution in [2.24, 2.45) is 0 Å². The third-order valence-electron chi connectivity index (χ3n) is 4.02. The van der Waals surface area contributed by atoms with E-state index in [9.17, 15) is 9.59 Å². The van der Waals surface area contributed by atoms with Gasteiger partial charge in [0.05, 0.1) is 5.69 Å².